The monoisotopic (exact) mass is 180 g/mol. The molecule has 1 rings (SSSR count). The van der Waals surface area contributed by atoms with Crippen LogP contribution in [0.15, 0.2) is 18.7 Å². The summed E-state index contributed by atoms with van der Waals surface area (Å²) >= 11 is 0. The zero-order valence-electron chi connectivity index (χ0n) is 7.69. The van der Waals surface area contributed by atoms with Crippen molar-refractivity contribution in [1.82, 2.24) is 9.97 Å². The average Bonchev–Trinajstić information content (AvgIpc) is 2.18. The summed E-state index contributed by atoms with van der Waals surface area (Å²) < 4.78 is 0. The van der Waals surface area contributed by atoms with Gasteiger partial charge in [-0.25, -0.2) is 9.97 Å². The van der Waals surface area contributed by atoms with Gasteiger partial charge in [0.05, 0.1) is 5.56 Å². The summed E-state index contributed by atoms with van der Waals surface area (Å²) in [6.07, 6.45) is 4.52. The minimum atomic E-state index is -1.31. The largest absolute Gasteiger partial charge is 0.382 e. The maximum atomic E-state index is 11.6. The molecule has 0 spiro atoms. The van der Waals surface area contributed by atoms with Gasteiger partial charge in [-0.05, 0) is 13.3 Å². The smallest absolute Gasteiger partial charge is 0.197 e. The van der Waals surface area contributed by atoms with E-state index >= 15 is 0 Å². The third-order valence-corrected chi connectivity index (χ3v) is 2.00. The Labute approximate surface area is 76.7 Å². The van der Waals surface area contributed by atoms with Crippen molar-refractivity contribution in [3.05, 3.63) is 24.3 Å². The fraction of sp³-hybridized carbons (Fsp3) is 0.444. The number of ketones is 1. The van der Waals surface area contributed by atoms with E-state index in [1.165, 1.54) is 25.6 Å². The van der Waals surface area contributed by atoms with E-state index in [2.05, 4.69) is 9.97 Å². The molecule has 0 radical (unpaired) electrons. The summed E-state index contributed by atoms with van der Waals surface area (Å²) in [5.41, 5.74) is -0.973. The van der Waals surface area contributed by atoms with Crippen LogP contribution in [0.3, 0.4) is 0 Å². The Morgan fingerprint density at radius 2 is 2.08 bits per heavy atom. The van der Waals surface area contributed by atoms with E-state index in [0.29, 0.717) is 12.0 Å². The predicted molar refractivity (Wildman–Crippen MR) is 47.3 cm³/mol. The molecule has 0 bridgehead atoms. The van der Waals surface area contributed by atoms with Crippen molar-refractivity contribution in [3.63, 3.8) is 0 Å². The van der Waals surface area contributed by atoms with Crippen molar-refractivity contribution in [3.8, 4) is 0 Å². The first-order chi connectivity index (χ1) is 6.08. The first-order valence-corrected chi connectivity index (χ1v) is 4.10. The highest BCUT2D eigenvalue weighted by Gasteiger charge is 2.29. The van der Waals surface area contributed by atoms with Gasteiger partial charge in [-0.2, -0.15) is 0 Å². The lowest BCUT2D eigenvalue weighted by molar-refractivity contribution is 0.0390. The van der Waals surface area contributed by atoms with Crippen LogP contribution in [-0.4, -0.2) is 26.5 Å². The summed E-state index contributed by atoms with van der Waals surface area (Å²) in [6.45, 7) is 3.24. The van der Waals surface area contributed by atoms with Gasteiger partial charge in [0.25, 0.3) is 0 Å². The summed E-state index contributed by atoms with van der Waals surface area (Å²) in [7, 11) is 0. The van der Waals surface area contributed by atoms with Crippen LogP contribution in [0.2, 0.25) is 0 Å². The molecule has 70 valence electrons. The quantitative estimate of drug-likeness (QED) is 0.699. The number of hydrogen-bond donors (Lipinski definition) is 1. The van der Waals surface area contributed by atoms with Gasteiger partial charge in [-0.1, -0.05) is 6.92 Å². The normalized spacial score (nSPS) is 15.0. The Morgan fingerprint density at radius 1 is 1.54 bits per heavy atom. The molecule has 13 heavy (non-hydrogen) atoms. The Hall–Kier alpha value is -1.29. The third kappa shape index (κ3) is 2.09. The lowest BCUT2D eigenvalue weighted by Gasteiger charge is -2.18. The Bertz CT molecular complexity index is 296. The minimum absolute atomic E-state index is 0.337. The van der Waals surface area contributed by atoms with Crippen LogP contribution in [0.1, 0.15) is 30.6 Å². The number of nitrogens with zero attached hydrogens (tertiary/aromatic N) is 2. The molecular weight excluding hydrogens is 168 g/mol. The zero-order chi connectivity index (χ0) is 9.90. The van der Waals surface area contributed by atoms with E-state index in [9.17, 15) is 9.90 Å². The average molecular weight is 180 g/mol. The standard InChI is InChI=1S/C9H12N2O2/c1-3-9(2,13)8(12)7-4-10-6-11-5-7/h4-6,13H,3H2,1-2H3. The van der Waals surface area contributed by atoms with E-state index in [-0.39, 0.29) is 5.78 Å². The molecule has 1 aromatic heterocycles. The molecule has 4 heteroatoms. The number of Topliss-reactive ketones (excluding diaryl/α,β-unsaturated/α-hetero) is 1. The van der Waals surface area contributed by atoms with Crippen molar-refractivity contribution in [2.45, 2.75) is 25.9 Å². The van der Waals surface area contributed by atoms with E-state index in [4.69, 9.17) is 0 Å². The molecular formula is C9H12N2O2. The number of aromatic nitrogens is 2. The van der Waals surface area contributed by atoms with Crippen LogP contribution in [0.25, 0.3) is 0 Å². The van der Waals surface area contributed by atoms with E-state index < -0.39 is 5.60 Å². The Kier molecular flexibility index (Phi) is 2.72. The molecule has 0 fully saturated rings. The van der Waals surface area contributed by atoms with Crippen molar-refractivity contribution < 1.29 is 9.90 Å². The lowest BCUT2D eigenvalue weighted by Crippen LogP contribution is -2.34. The molecule has 1 unspecified atom stereocenters. The minimum Gasteiger partial charge on any atom is -0.382 e. The second-order valence-electron chi connectivity index (χ2n) is 3.08. The fourth-order valence-corrected chi connectivity index (χ4v) is 0.888. The molecule has 1 N–H and O–H groups in total. The van der Waals surface area contributed by atoms with Gasteiger partial charge in [-0.15, -0.1) is 0 Å². The molecule has 0 saturated heterocycles. The molecule has 1 heterocycles. The topological polar surface area (TPSA) is 63.1 Å². The molecule has 0 saturated carbocycles. The van der Waals surface area contributed by atoms with Gasteiger partial charge in [0.1, 0.15) is 11.9 Å². The lowest BCUT2D eigenvalue weighted by atomic mass is 9.94. The van der Waals surface area contributed by atoms with Crippen LogP contribution in [0.4, 0.5) is 0 Å². The van der Waals surface area contributed by atoms with Crippen LogP contribution >= 0.6 is 0 Å². The molecule has 0 aromatic carbocycles. The second kappa shape index (κ2) is 3.62. The first-order valence-electron chi connectivity index (χ1n) is 4.10. The van der Waals surface area contributed by atoms with E-state index in [0.717, 1.165) is 0 Å². The van der Waals surface area contributed by atoms with Crippen LogP contribution in [0.5, 0.6) is 0 Å². The van der Waals surface area contributed by atoms with Crippen LogP contribution in [-0.2, 0) is 0 Å². The molecule has 1 atom stereocenters. The molecule has 0 aliphatic heterocycles. The van der Waals surface area contributed by atoms with Crippen molar-refractivity contribution in [2.24, 2.45) is 0 Å². The van der Waals surface area contributed by atoms with Crippen LogP contribution < -0.4 is 0 Å². The SMILES string of the molecule is CCC(C)(O)C(=O)c1cncnc1. The van der Waals surface area contributed by atoms with Gasteiger partial charge in [-0.3, -0.25) is 4.79 Å². The summed E-state index contributed by atoms with van der Waals surface area (Å²) in [6, 6.07) is 0. The maximum absolute atomic E-state index is 11.6. The number of aliphatic hydroxyl groups is 1. The van der Waals surface area contributed by atoms with Gasteiger partial charge in [0, 0.05) is 12.4 Å². The summed E-state index contributed by atoms with van der Waals surface area (Å²) in [5, 5.41) is 9.64. The van der Waals surface area contributed by atoms with Gasteiger partial charge in [0.2, 0.25) is 0 Å². The van der Waals surface area contributed by atoms with Crippen molar-refractivity contribution in [1.29, 1.82) is 0 Å². The van der Waals surface area contributed by atoms with Gasteiger partial charge < -0.3 is 5.11 Å². The summed E-state index contributed by atoms with van der Waals surface area (Å²) in [4.78, 5) is 19.0. The zero-order valence-corrected chi connectivity index (χ0v) is 7.69. The molecule has 4 nitrogen and oxygen atoms in total. The molecule has 0 amide bonds. The number of carbonyl (C=O) groups is 1. The molecule has 0 aliphatic rings. The fourth-order valence-electron chi connectivity index (χ4n) is 0.888. The maximum Gasteiger partial charge on any atom is 0.197 e. The predicted octanol–water partition coefficient (Wildman–Crippen LogP) is 0.820. The van der Waals surface area contributed by atoms with Crippen molar-refractivity contribution in [2.75, 3.05) is 0 Å². The summed E-state index contributed by atoms with van der Waals surface area (Å²) in [5.74, 6) is -0.337. The Morgan fingerprint density at radius 3 is 2.54 bits per heavy atom. The van der Waals surface area contributed by atoms with E-state index in [1.807, 2.05) is 0 Å². The highest BCUT2D eigenvalue weighted by atomic mass is 16.3. The number of hydrogen-bond acceptors (Lipinski definition) is 4. The Balaban J connectivity index is 2.93. The third-order valence-electron chi connectivity index (χ3n) is 2.00. The highest BCUT2D eigenvalue weighted by molar-refractivity contribution is 6.01. The molecule has 0 aliphatic carbocycles. The van der Waals surface area contributed by atoms with Crippen LogP contribution in [0, 0.1) is 0 Å². The highest BCUT2D eigenvalue weighted by Crippen LogP contribution is 2.14. The van der Waals surface area contributed by atoms with Gasteiger partial charge >= 0.3 is 0 Å². The van der Waals surface area contributed by atoms with Gasteiger partial charge in [0.15, 0.2) is 5.78 Å². The first kappa shape index (κ1) is 9.80. The van der Waals surface area contributed by atoms with Crippen molar-refractivity contribution >= 4 is 5.78 Å². The number of carbonyl (C=O) groups excluding carboxylic acids is 1. The second-order valence-corrected chi connectivity index (χ2v) is 3.08. The number of rotatable bonds is 3. The van der Waals surface area contributed by atoms with E-state index in [1.54, 1.807) is 6.92 Å². The molecule has 1 aromatic rings.